The maximum absolute atomic E-state index is 13.4. The average Bonchev–Trinajstić information content (AvgIpc) is 2.89. The van der Waals surface area contributed by atoms with Crippen LogP contribution in [-0.4, -0.2) is 64.7 Å². The predicted octanol–water partition coefficient (Wildman–Crippen LogP) is 5.28. The average molecular weight is 503 g/mol. The molecule has 3 aromatic carbocycles. The quantitative estimate of drug-likeness (QED) is 0.391. The molecule has 6 nitrogen and oxygen atoms in total. The molecule has 3 aromatic rings. The van der Waals surface area contributed by atoms with E-state index in [1.165, 1.54) is 12.1 Å². The number of halogens is 3. The molecule has 9 heteroatoms. The summed E-state index contributed by atoms with van der Waals surface area (Å²) in [4.78, 5) is 16.8. The zero-order chi connectivity index (χ0) is 25.9. The Bertz CT molecular complexity index is 1240. The number of alkyl halides is 3. The number of piperazine rings is 1. The Hall–Kier alpha value is -3.46. The number of ketones is 1. The zero-order valence-corrected chi connectivity index (χ0v) is 20.5. The first-order valence-electron chi connectivity index (χ1n) is 11.7. The van der Waals surface area contributed by atoms with Crippen molar-refractivity contribution in [2.45, 2.75) is 12.6 Å². The second-order valence-electron chi connectivity index (χ2n) is 8.60. The monoisotopic (exact) mass is 502 g/mol. The number of ether oxygens (including phenoxy) is 3. The van der Waals surface area contributed by atoms with Crippen molar-refractivity contribution >= 4 is 22.2 Å². The molecule has 4 rings (SSSR count). The van der Waals surface area contributed by atoms with Gasteiger partial charge in [0.05, 0.1) is 26.9 Å². The van der Waals surface area contributed by atoms with Crippen molar-refractivity contribution < 1.29 is 32.2 Å². The molecule has 0 aromatic heterocycles. The fraction of sp³-hybridized carbons (Fsp3) is 0.370. The number of methoxy groups -OCH3 is 3. The molecule has 192 valence electrons. The van der Waals surface area contributed by atoms with Gasteiger partial charge < -0.3 is 19.1 Å². The molecule has 0 atom stereocenters. The minimum atomic E-state index is -4.39. The van der Waals surface area contributed by atoms with Crippen molar-refractivity contribution in [3.8, 4) is 17.2 Å². The van der Waals surface area contributed by atoms with Gasteiger partial charge >= 0.3 is 6.18 Å². The van der Waals surface area contributed by atoms with Crippen LogP contribution < -0.4 is 19.1 Å². The lowest BCUT2D eigenvalue weighted by molar-refractivity contribution is -0.137. The summed E-state index contributed by atoms with van der Waals surface area (Å²) in [6, 6.07) is 12.9. The van der Waals surface area contributed by atoms with Crippen LogP contribution in [0.3, 0.4) is 0 Å². The Balaban J connectivity index is 1.40. The molecule has 0 unspecified atom stereocenters. The highest BCUT2D eigenvalue weighted by Crippen LogP contribution is 2.43. The molecule has 0 spiro atoms. The zero-order valence-electron chi connectivity index (χ0n) is 20.5. The van der Waals surface area contributed by atoms with E-state index < -0.39 is 11.7 Å². The highest BCUT2D eigenvalue weighted by atomic mass is 19.4. The summed E-state index contributed by atoms with van der Waals surface area (Å²) in [5, 5.41) is 1.61. The number of nitrogens with zero attached hydrogens (tertiary/aromatic N) is 2. The molecule has 1 aliphatic rings. The molecule has 0 amide bonds. The Labute approximate surface area is 208 Å². The summed E-state index contributed by atoms with van der Waals surface area (Å²) >= 11 is 0. The van der Waals surface area contributed by atoms with E-state index >= 15 is 0 Å². The first-order valence-corrected chi connectivity index (χ1v) is 11.7. The van der Waals surface area contributed by atoms with Gasteiger partial charge in [0.1, 0.15) is 0 Å². The number of rotatable bonds is 8. The minimum Gasteiger partial charge on any atom is -0.493 e. The first-order chi connectivity index (χ1) is 17.3. The van der Waals surface area contributed by atoms with Crippen molar-refractivity contribution in [3.63, 3.8) is 0 Å². The molecule has 0 bridgehead atoms. The first kappa shape index (κ1) is 25.6. The molecule has 36 heavy (non-hydrogen) atoms. The highest BCUT2D eigenvalue weighted by Gasteiger charge is 2.35. The van der Waals surface area contributed by atoms with Gasteiger partial charge in [-0.25, -0.2) is 0 Å². The van der Waals surface area contributed by atoms with Crippen molar-refractivity contribution in [1.82, 2.24) is 4.90 Å². The van der Waals surface area contributed by atoms with E-state index in [0.717, 1.165) is 16.8 Å². The molecule has 0 saturated carbocycles. The maximum Gasteiger partial charge on any atom is 0.418 e. The molecular formula is C27H29F3N2O4. The molecule has 1 saturated heterocycles. The van der Waals surface area contributed by atoms with Gasteiger partial charge in [-0.15, -0.1) is 0 Å². The van der Waals surface area contributed by atoms with Crippen LogP contribution in [0.2, 0.25) is 0 Å². The van der Waals surface area contributed by atoms with Gasteiger partial charge in [0.2, 0.25) is 5.75 Å². The van der Waals surface area contributed by atoms with Gasteiger partial charge in [-0.3, -0.25) is 9.69 Å². The smallest absolute Gasteiger partial charge is 0.418 e. The van der Waals surface area contributed by atoms with Crippen molar-refractivity contribution in [2.75, 3.05) is 59.0 Å². The summed E-state index contributed by atoms with van der Waals surface area (Å²) in [5.74, 6) is 1.53. The summed E-state index contributed by atoms with van der Waals surface area (Å²) in [7, 11) is 4.63. The van der Waals surface area contributed by atoms with Crippen LogP contribution in [0.15, 0.2) is 48.5 Å². The lowest BCUT2D eigenvalue weighted by atomic mass is 10.0. The number of para-hydroxylation sites is 1. The SMILES string of the molecule is COc1cc2cc(C(=O)CCN3CCN(c4ccccc4C(F)(F)F)CC3)ccc2c(OC)c1OC. The van der Waals surface area contributed by atoms with Crippen LogP contribution in [0.4, 0.5) is 18.9 Å². The Morgan fingerprint density at radius 2 is 1.58 bits per heavy atom. The topological polar surface area (TPSA) is 51.2 Å². The summed E-state index contributed by atoms with van der Waals surface area (Å²) in [5.41, 5.74) is 0.171. The van der Waals surface area contributed by atoms with E-state index in [1.54, 1.807) is 38.4 Å². The molecular weight excluding hydrogens is 473 g/mol. The minimum absolute atomic E-state index is 0.00417. The lowest BCUT2D eigenvalue weighted by Gasteiger charge is -2.37. The van der Waals surface area contributed by atoms with Crippen LogP contribution in [0.25, 0.3) is 10.8 Å². The van der Waals surface area contributed by atoms with Gasteiger partial charge in [0, 0.05) is 55.8 Å². The number of Topliss-reactive ketones (excluding diaryl/α,β-unsaturated/α-hetero) is 1. The van der Waals surface area contributed by atoms with Crippen LogP contribution in [0.5, 0.6) is 17.2 Å². The predicted molar refractivity (Wildman–Crippen MR) is 133 cm³/mol. The van der Waals surface area contributed by atoms with E-state index in [0.29, 0.717) is 62.0 Å². The van der Waals surface area contributed by atoms with Crippen LogP contribution in [0.1, 0.15) is 22.3 Å². The largest absolute Gasteiger partial charge is 0.493 e. The Morgan fingerprint density at radius 1 is 0.889 bits per heavy atom. The van der Waals surface area contributed by atoms with Gasteiger partial charge in [0.25, 0.3) is 0 Å². The summed E-state index contributed by atoms with van der Waals surface area (Å²) in [6.45, 7) is 2.66. The number of hydrogen-bond donors (Lipinski definition) is 0. The van der Waals surface area contributed by atoms with Crippen molar-refractivity contribution in [3.05, 3.63) is 59.7 Å². The third-order valence-corrected chi connectivity index (χ3v) is 6.54. The molecule has 1 aliphatic heterocycles. The number of hydrogen-bond acceptors (Lipinski definition) is 6. The molecule has 1 heterocycles. The van der Waals surface area contributed by atoms with Crippen molar-refractivity contribution in [2.24, 2.45) is 0 Å². The standard InChI is InChI=1S/C27H29F3N2O4/c1-34-24-17-19-16-18(8-9-20(19)25(35-2)26(24)36-3)23(33)10-11-31-12-14-32(15-13-31)22-7-5-4-6-21(22)27(28,29)30/h4-9,16-17H,10-15H2,1-3H3. The van der Waals surface area contributed by atoms with E-state index in [-0.39, 0.29) is 11.5 Å². The van der Waals surface area contributed by atoms with Crippen LogP contribution in [-0.2, 0) is 6.18 Å². The van der Waals surface area contributed by atoms with Crippen LogP contribution in [0, 0.1) is 0 Å². The van der Waals surface area contributed by atoms with Crippen LogP contribution >= 0.6 is 0 Å². The summed E-state index contributed by atoms with van der Waals surface area (Å²) in [6.07, 6.45) is -4.08. The summed E-state index contributed by atoms with van der Waals surface area (Å²) < 4.78 is 56.5. The fourth-order valence-corrected chi connectivity index (χ4v) is 4.66. The number of anilines is 1. The van der Waals surface area contributed by atoms with E-state index in [2.05, 4.69) is 4.90 Å². The van der Waals surface area contributed by atoms with Gasteiger partial charge in [0.15, 0.2) is 17.3 Å². The van der Waals surface area contributed by atoms with Crippen molar-refractivity contribution in [1.29, 1.82) is 0 Å². The number of carbonyl (C=O) groups excluding carboxylic acids is 1. The van der Waals surface area contributed by atoms with E-state index in [1.807, 2.05) is 18.2 Å². The maximum atomic E-state index is 13.4. The second-order valence-corrected chi connectivity index (χ2v) is 8.60. The fourth-order valence-electron chi connectivity index (χ4n) is 4.66. The number of fused-ring (bicyclic) bond motifs is 1. The van der Waals surface area contributed by atoms with Gasteiger partial charge in [-0.1, -0.05) is 18.2 Å². The molecule has 0 aliphatic carbocycles. The van der Waals surface area contributed by atoms with Gasteiger partial charge in [-0.2, -0.15) is 13.2 Å². The lowest BCUT2D eigenvalue weighted by Crippen LogP contribution is -2.47. The number of benzene rings is 3. The molecule has 0 N–H and O–H groups in total. The van der Waals surface area contributed by atoms with E-state index in [4.69, 9.17) is 14.2 Å². The Kier molecular flexibility index (Phi) is 7.59. The molecule has 1 fully saturated rings. The molecule has 0 radical (unpaired) electrons. The Morgan fingerprint density at radius 3 is 2.22 bits per heavy atom. The second kappa shape index (κ2) is 10.7. The highest BCUT2D eigenvalue weighted by molar-refractivity contribution is 6.02. The van der Waals surface area contributed by atoms with E-state index in [9.17, 15) is 18.0 Å². The van der Waals surface area contributed by atoms with Gasteiger partial charge in [-0.05, 0) is 35.7 Å². The third-order valence-electron chi connectivity index (χ3n) is 6.54. The normalized spacial score (nSPS) is 14.7. The third kappa shape index (κ3) is 5.21. The number of carbonyl (C=O) groups is 1.